The SMILES string of the molecule is CCc1cccc(CNC[C@@H](O)[C@H](Cc2cc(F)cc(F)c2)NC(=O)Cc2nc(NS(C)(=O)=O)oc2C)c1. The maximum atomic E-state index is 13.8. The third-order valence-corrected chi connectivity index (χ3v) is 6.31. The third kappa shape index (κ3) is 9.19. The van der Waals surface area contributed by atoms with Crippen LogP contribution in [-0.4, -0.2) is 49.4 Å². The van der Waals surface area contributed by atoms with Crippen LogP contribution in [0, 0.1) is 18.6 Å². The van der Waals surface area contributed by atoms with Crippen LogP contribution in [0.1, 0.15) is 35.1 Å². The minimum Gasteiger partial charge on any atom is -0.428 e. The normalized spacial score (nSPS) is 13.2. The number of aryl methyl sites for hydroxylation is 2. The fourth-order valence-corrected chi connectivity index (χ4v) is 4.34. The highest BCUT2D eigenvalue weighted by molar-refractivity contribution is 7.91. The first-order valence-corrected chi connectivity index (χ1v) is 14.0. The van der Waals surface area contributed by atoms with Crippen molar-refractivity contribution >= 4 is 21.9 Å². The monoisotopic (exact) mass is 550 g/mol. The van der Waals surface area contributed by atoms with Crippen LogP contribution in [0.25, 0.3) is 0 Å². The molecule has 1 heterocycles. The van der Waals surface area contributed by atoms with Gasteiger partial charge in [0.15, 0.2) is 0 Å². The molecule has 2 aromatic carbocycles. The van der Waals surface area contributed by atoms with Gasteiger partial charge in [-0.05, 0) is 48.6 Å². The molecule has 0 radical (unpaired) electrons. The molecule has 1 amide bonds. The number of amides is 1. The predicted molar refractivity (Wildman–Crippen MR) is 139 cm³/mol. The Balaban J connectivity index is 1.69. The number of rotatable bonds is 13. The Morgan fingerprint density at radius 2 is 1.79 bits per heavy atom. The van der Waals surface area contributed by atoms with E-state index in [1.807, 2.05) is 18.2 Å². The first kappa shape index (κ1) is 29.2. The number of benzene rings is 2. The zero-order valence-corrected chi connectivity index (χ0v) is 22.2. The van der Waals surface area contributed by atoms with Gasteiger partial charge in [-0.25, -0.2) is 21.9 Å². The van der Waals surface area contributed by atoms with Crippen LogP contribution in [0.2, 0.25) is 0 Å². The van der Waals surface area contributed by atoms with Crippen molar-refractivity contribution < 1.29 is 31.5 Å². The summed E-state index contributed by atoms with van der Waals surface area (Å²) >= 11 is 0. The summed E-state index contributed by atoms with van der Waals surface area (Å²) in [5, 5.41) is 16.8. The smallest absolute Gasteiger partial charge is 0.309 e. The molecule has 0 saturated heterocycles. The lowest BCUT2D eigenvalue weighted by molar-refractivity contribution is -0.122. The van der Waals surface area contributed by atoms with Crippen LogP contribution in [0.15, 0.2) is 46.9 Å². The van der Waals surface area contributed by atoms with E-state index < -0.39 is 39.7 Å². The molecule has 4 N–H and O–H groups in total. The maximum absolute atomic E-state index is 13.8. The van der Waals surface area contributed by atoms with Gasteiger partial charge in [-0.15, -0.1) is 0 Å². The van der Waals surface area contributed by atoms with Crippen molar-refractivity contribution in [3.63, 3.8) is 0 Å². The van der Waals surface area contributed by atoms with E-state index in [9.17, 15) is 27.1 Å². The Labute approximate surface area is 220 Å². The largest absolute Gasteiger partial charge is 0.428 e. The Morgan fingerprint density at radius 1 is 1.11 bits per heavy atom. The zero-order chi connectivity index (χ0) is 27.9. The third-order valence-electron chi connectivity index (χ3n) is 5.76. The first-order chi connectivity index (χ1) is 17.9. The molecule has 9 nitrogen and oxygen atoms in total. The van der Waals surface area contributed by atoms with Crippen molar-refractivity contribution in [1.29, 1.82) is 0 Å². The number of carbonyl (C=O) groups excluding carboxylic acids is 1. The lowest BCUT2D eigenvalue weighted by Gasteiger charge is -2.25. The van der Waals surface area contributed by atoms with Crippen LogP contribution >= 0.6 is 0 Å². The van der Waals surface area contributed by atoms with Crippen LogP contribution in [0.3, 0.4) is 0 Å². The molecule has 0 aliphatic carbocycles. The molecular formula is C26H32F2N4O5S. The van der Waals surface area contributed by atoms with E-state index in [2.05, 4.69) is 33.3 Å². The second kappa shape index (κ2) is 12.9. The molecule has 0 unspecified atom stereocenters. The van der Waals surface area contributed by atoms with Gasteiger partial charge in [0.1, 0.15) is 17.4 Å². The van der Waals surface area contributed by atoms with E-state index in [-0.39, 0.29) is 42.4 Å². The first-order valence-electron chi connectivity index (χ1n) is 12.1. The number of nitrogens with zero attached hydrogens (tertiary/aromatic N) is 1. The second-order valence-corrected chi connectivity index (χ2v) is 10.8. The van der Waals surface area contributed by atoms with Gasteiger partial charge in [0.2, 0.25) is 15.9 Å². The molecule has 0 aliphatic heterocycles. The summed E-state index contributed by atoms with van der Waals surface area (Å²) in [5.74, 6) is -1.83. The summed E-state index contributed by atoms with van der Waals surface area (Å²) in [6.07, 6.45) is 0.437. The number of halogens is 2. The minimum atomic E-state index is -3.62. The van der Waals surface area contributed by atoms with Crippen LogP contribution < -0.4 is 15.4 Å². The number of hydrogen-bond donors (Lipinski definition) is 4. The number of nitrogens with one attached hydrogen (secondary N) is 3. The molecular weight excluding hydrogens is 518 g/mol. The molecule has 3 aromatic rings. The Morgan fingerprint density at radius 3 is 2.45 bits per heavy atom. The van der Waals surface area contributed by atoms with Gasteiger partial charge >= 0.3 is 6.01 Å². The van der Waals surface area contributed by atoms with Crippen LogP contribution in [0.5, 0.6) is 0 Å². The minimum absolute atomic E-state index is 0.0345. The molecule has 206 valence electrons. The Kier molecular flexibility index (Phi) is 9.95. The average Bonchev–Trinajstić information content (AvgIpc) is 3.14. The van der Waals surface area contributed by atoms with E-state index in [1.54, 1.807) is 0 Å². The highest BCUT2D eigenvalue weighted by Crippen LogP contribution is 2.17. The standard InChI is InChI=1S/C26H32F2N4O5S/c1-4-17-6-5-7-18(8-17)14-29-15-24(33)23(11-19-9-20(27)12-21(28)10-19)30-25(34)13-22-16(2)37-26(31-22)32-38(3,35)36/h5-10,12,23-24,29,33H,4,11,13-15H2,1-3H3,(H,30,34)(H,31,32)/t23-,24+/m0/s1. The van der Waals surface area contributed by atoms with Gasteiger partial charge in [0, 0.05) is 19.2 Å². The molecule has 0 spiro atoms. The quantitative estimate of drug-likeness (QED) is 0.257. The molecule has 12 heteroatoms. The van der Waals surface area contributed by atoms with Gasteiger partial charge in [-0.2, -0.15) is 4.98 Å². The predicted octanol–water partition coefficient (Wildman–Crippen LogP) is 2.62. The number of aliphatic hydroxyl groups is 1. The summed E-state index contributed by atoms with van der Waals surface area (Å²) < 4.78 is 57.7. The van der Waals surface area contributed by atoms with Crippen molar-refractivity contribution in [3.8, 4) is 0 Å². The zero-order valence-electron chi connectivity index (χ0n) is 21.4. The average molecular weight is 551 g/mol. The van der Waals surface area contributed by atoms with E-state index in [0.717, 1.165) is 36.4 Å². The van der Waals surface area contributed by atoms with Gasteiger partial charge in [-0.1, -0.05) is 31.2 Å². The summed E-state index contributed by atoms with van der Waals surface area (Å²) in [7, 11) is -3.62. The molecule has 0 fully saturated rings. The highest BCUT2D eigenvalue weighted by Gasteiger charge is 2.24. The number of aliphatic hydroxyl groups excluding tert-OH is 1. The van der Waals surface area contributed by atoms with Crippen molar-refractivity contribution in [3.05, 3.63) is 82.2 Å². The van der Waals surface area contributed by atoms with E-state index >= 15 is 0 Å². The fraction of sp³-hybridized carbons (Fsp3) is 0.385. The summed E-state index contributed by atoms with van der Waals surface area (Å²) in [6, 6.07) is 9.87. The topological polar surface area (TPSA) is 134 Å². The van der Waals surface area contributed by atoms with Crippen molar-refractivity contribution in [2.24, 2.45) is 0 Å². The van der Waals surface area contributed by atoms with Crippen molar-refractivity contribution in [2.45, 2.75) is 51.8 Å². The maximum Gasteiger partial charge on any atom is 0.309 e. The summed E-state index contributed by atoms with van der Waals surface area (Å²) in [6.45, 7) is 4.17. The molecule has 38 heavy (non-hydrogen) atoms. The summed E-state index contributed by atoms with van der Waals surface area (Å²) in [4.78, 5) is 16.9. The second-order valence-electron chi connectivity index (χ2n) is 9.10. The van der Waals surface area contributed by atoms with E-state index in [4.69, 9.17) is 4.42 Å². The molecule has 3 rings (SSSR count). The number of aromatic nitrogens is 1. The van der Waals surface area contributed by atoms with Gasteiger partial charge < -0.3 is 20.2 Å². The van der Waals surface area contributed by atoms with Gasteiger partial charge in [-0.3, -0.25) is 4.79 Å². The van der Waals surface area contributed by atoms with Crippen molar-refractivity contribution in [1.82, 2.24) is 15.6 Å². The van der Waals surface area contributed by atoms with Crippen LogP contribution in [-0.2, 0) is 40.6 Å². The number of oxazole rings is 1. The number of sulfonamides is 1. The van der Waals surface area contributed by atoms with Gasteiger partial charge in [0.25, 0.3) is 0 Å². The Hall–Kier alpha value is -3.35. The molecule has 2 atom stereocenters. The van der Waals surface area contributed by atoms with Crippen molar-refractivity contribution in [2.75, 3.05) is 17.5 Å². The molecule has 0 bridgehead atoms. The summed E-state index contributed by atoms with van der Waals surface area (Å²) in [5.41, 5.74) is 2.68. The number of hydrogen-bond acceptors (Lipinski definition) is 7. The molecule has 0 aliphatic rings. The molecule has 0 saturated carbocycles. The Bertz CT molecular complexity index is 1340. The lowest BCUT2D eigenvalue weighted by atomic mass is 10.00. The number of anilines is 1. The number of carbonyl (C=O) groups is 1. The van der Waals surface area contributed by atoms with Crippen LogP contribution in [0.4, 0.5) is 14.8 Å². The van der Waals surface area contributed by atoms with E-state index in [0.29, 0.717) is 6.54 Å². The van der Waals surface area contributed by atoms with E-state index in [1.165, 1.54) is 12.5 Å². The highest BCUT2D eigenvalue weighted by atomic mass is 32.2. The van der Waals surface area contributed by atoms with Gasteiger partial charge in [0.05, 0.1) is 30.5 Å². The fourth-order valence-electron chi connectivity index (χ4n) is 3.94. The molecule has 1 aromatic heterocycles. The lowest BCUT2D eigenvalue weighted by Crippen LogP contribution is -2.49.